The third-order valence-corrected chi connectivity index (χ3v) is 9.23. The van der Waals surface area contributed by atoms with E-state index in [1.54, 1.807) is 6.07 Å². The van der Waals surface area contributed by atoms with Crippen molar-refractivity contribution in [3.63, 3.8) is 0 Å². The second-order valence-electron chi connectivity index (χ2n) is 9.81. The van der Waals surface area contributed by atoms with Gasteiger partial charge in [0.05, 0.1) is 9.79 Å². The van der Waals surface area contributed by atoms with Crippen molar-refractivity contribution in [2.24, 2.45) is 0 Å². The van der Waals surface area contributed by atoms with Crippen LogP contribution < -0.4 is 9.80 Å². The molecule has 0 saturated heterocycles. The fraction of sp³-hybridized carbons (Fsp3) is 0.290. The molecule has 0 saturated carbocycles. The van der Waals surface area contributed by atoms with Crippen LogP contribution in [-0.4, -0.2) is 52.1 Å². The minimum Gasteiger partial charge on any atom is -0.372 e. The Bertz CT molecular complexity index is 1670. The molecule has 0 unspecified atom stereocenters. The number of rotatable bonds is 11. The molecule has 218 valence electrons. The Labute approximate surface area is 242 Å². The van der Waals surface area contributed by atoms with Gasteiger partial charge in [-0.3, -0.25) is 9.11 Å². The molecule has 10 heteroatoms. The number of benzene rings is 4. The predicted octanol–water partition coefficient (Wildman–Crippen LogP) is 6.21. The molecule has 41 heavy (non-hydrogen) atoms. The van der Waals surface area contributed by atoms with E-state index in [-0.39, 0.29) is 15.2 Å². The summed E-state index contributed by atoms with van der Waals surface area (Å²) in [6, 6.07) is 22.9. The van der Waals surface area contributed by atoms with Crippen LogP contribution in [0.2, 0.25) is 0 Å². The van der Waals surface area contributed by atoms with Crippen LogP contribution in [0, 0.1) is 0 Å². The molecule has 2 N–H and O–H groups in total. The fourth-order valence-corrected chi connectivity index (χ4v) is 6.45. The van der Waals surface area contributed by atoms with Crippen LogP contribution in [0.5, 0.6) is 0 Å². The monoisotopic (exact) mass is 596 g/mol. The molecule has 0 spiro atoms. The molecule has 0 aliphatic carbocycles. The molecule has 0 aliphatic heterocycles. The van der Waals surface area contributed by atoms with Crippen molar-refractivity contribution in [2.75, 3.05) is 36.0 Å². The summed E-state index contributed by atoms with van der Waals surface area (Å²) in [5.74, 6) is -0.452. The van der Waals surface area contributed by atoms with E-state index in [4.69, 9.17) is 0 Å². The highest BCUT2D eigenvalue weighted by atomic mass is 32.2. The topological polar surface area (TPSA) is 115 Å². The lowest BCUT2D eigenvalue weighted by Crippen LogP contribution is -2.22. The summed E-state index contributed by atoms with van der Waals surface area (Å²) < 4.78 is 68.1. The van der Waals surface area contributed by atoms with E-state index in [9.17, 15) is 25.9 Å². The van der Waals surface area contributed by atoms with Crippen molar-refractivity contribution in [1.82, 2.24) is 0 Å². The van der Waals surface area contributed by atoms with Crippen molar-refractivity contribution in [3.05, 3.63) is 95.6 Å². The summed E-state index contributed by atoms with van der Waals surface area (Å²) in [6.45, 7) is 11.8. The lowest BCUT2D eigenvalue weighted by molar-refractivity contribution is 0.481. The van der Waals surface area contributed by atoms with Gasteiger partial charge in [0, 0.05) is 43.5 Å². The first-order valence-electron chi connectivity index (χ1n) is 13.6. The van der Waals surface area contributed by atoms with Gasteiger partial charge in [-0.1, -0.05) is 30.3 Å². The van der Waals surface area contributed by atoms with Crippen LogP contribution in [0.15, 0.2) is 88.7 Å². The van der Waals surface area contributed by atoms with Gasteiger partial charge in [0.25, 0.3) is 20.2 Å². The maximum atomic E-state index is 12.4. The molecule has 0 aromatic heterocycles. The van der Waals surface area contributed by atoms with Gasteiger partial charge in [-0.25, -0.2) is 0 Å². The third kappa shape index (κ3) is 6.56. The Balaban J connectivity index is 2.01. The largest absolute Gasteiger partial charge is 0.372 e. The lowest BCUT2D eigenvalue weighted by Gasteiger charge is -2.26. The van der Waals surface area contributed by atoms with E-state index in [2.05, 4.69) is 37.5 Å². The maximum absolute atomic E-state index is 12.4. The summed E-state index contributed by atoms with van der Waals surface area (Å²) in [7, 11) is -9.18. The first kappa shape index (κ1) is 30.5. The SMILES string of the molecule is CCN(CC)c1ccc(C(c2ccc(N(CC)CC)cc2)c2cc(S(=O)(=O)O)cc3cc(S(=O)(=O)O)ccc23)cc1. The predicted molar refractivity (Wildman–Crippen MR) is 165 cm³/mol. The van der Waals surface area contributed by atoms with Crippen LogP contribution in [0.1, 0.15) is 50.3 Å². The lowest BCUT2D eigenvalue weighted by atomic mass is 9.82. The maximum Gasteiger partial charge on any atom is 0.294 e. The zero-order valence-electron chi connectivity index (χ0n) is 23.6. The zero-order chi connectivity index (χ0) is 29.9. The minimum absolute atomic E-state index is 0.259. The number of anilines is 2. The summed E-state index contributed by atoms with van der Waals surface area (Å²) in [5.41, 5.74) is 4.48. The minimum atomic E-state index is -4.64. The van der Waals surface area contributed by atoms with Crippen molar-refractivity contribution in [3.8, 4) is 0 Å². The van der Waals surface area contributed by atoms with E-state index >= 15 is 0 Å². The molecule has 4 rings (SSSR count). The van der Waals surface area contributed by atoms with Crippen LogP contribution in [-0.2, 0) is 20.2 Å². The summed E-state index contributed by atoms with van der Waals surface area (Å²) in [5, 5.41) is 0.852. The van der Waals surface area contributed by atoms with Gasteiger partial charge in [0.1, 0.15) is 0 Å². The number of fused-ring (bicyclic) bond motifs is 1. The van der Waals surface area contributed by atoms with Crippen molar-refractivity contribution >= 4 is 42.4 Å². The first-order valence-corrected chi connectivity index (χ1v) is 16.5. The Morgan fingerprint density at radius 3 is 1.39 bits per heavy atom. The smallest absolute Gasteiger partial charge is 0.294 e. The highest BCUT2D eigenvalue weighted by Crippen LogP contribution is 2.39. The van der Waals surface area contributed by atoms with Gasteiger partial charge in [0.15, 0.2) is 0 Å². The van der Waals surface area contributed by atoms with E-state index in [1.165, 1.54) is 24.3 Å². The van der Waals surface area contributed by atoms with Crippen LogP contribution >= 0.6 is 0 Å². The molecule has 0 amide bonds. The second kappa shape index (κ2) is 12.2. The van der Waals surface area contributed by atoms with Crippen molar-refractivity contribution < 1.29 is 25.9 Å². The molecule has 0 radical (unpaired) electrons. The van der Waals surface area contributed by atoms with Crippen LogP contribution in [0.4, 0.5) is 11.4 Å². The quantitative estimate of drug-likeness (QED) is 0.155. The molecule has 0 heterocycles. The number of nitrogens with zero attached hydrogens (tertiary/aromatic N) is 2. The molecule has 4 aromatic rings. The van der Waals surface area contributed by atoms with E-state index < -0.39 is 26.2 Å². The zero-order valence-corrected chi connectivity index (χ0v) is 25.3. The molecule has 4 aromatic carbocycles. The van der Waals surface area contributed by atoms with Gasteiger partial charge in [-0.2, -0.15) is 16.8 Å². The van der Waals surface area contributed by atoms with Gasteiger partial charge in [-0.15, -0.1) is 0 Å². The van der Waals surface area contributed by atoms with Crippen LogP contribution in [0.25, 0.3) is 10.8 Å². The Hall–Kier alpha value is -3.44. The molecule has 0 atom stereocenters. The third-order valence-electron chi connectivity index (χ3n) is 7.55. The molecule has 0 aliphatic rings. The van der Waals surface area contributed by atoms with Gasteiger partial charge in [0.2, 0.25) is 0 Å². The van der Waals surface area contributed by atoms with Gasteiger partial charge < -0.3 is 9.80 Å². The number of hydrogen-bond donors (Lipinski definition) is 2. The summed E-state index contributed by atoms with van der Waals surface area (Å²) >= 11 is 0. The van der Waals surface area contributed by atoms with E-state index in [0.717, 1.165) is 48.7 Å². The average Bonchev–Trinajstić information content (AvgIpc) is 2.94. The highest BCUT2D eigenvalue weighted by Gasteiger charge is 2.24. The summed E-state index contributed by atoms with van der Waals surface area (Å²) in [4.78, 5) is 3.72. The Kier molecular flexibility index (Phi) is 9.08. The fourth-order valence-electron chi connectivity index (χ4n) is 5.38. The van der Waals surface area contributed by atoms with Crippen LogP contribution in [0.3, 0.4) is 0 Å². The molecular formula is C31H36N2O6S2. The molecule has 0 fully saturated rings. The van der Waals surface area contributed by atoms with Crippen molar-refractivity contribution in [2.45, 2.75) is 43.4 Å². The Morgan fingerprint density at radius 2 is 1.00 bits per heavy atom. The summed E-state index contributed by atoms with van der Waals surface area (Å²) in [6.07, 6.45) is 0. The number of hydrogen-bond acceptors (Lipinski definition) is 6. The standard InChI is InChI=1S/C31H36N2O6S2/c1-5-32(6-2)25-13-9-22(10-14-25)31(23-11-15-26(16-12-23)33(7-3)8-4)30-21-28(41(37,38)39)20-24-19-27(40(34,35)36)17-18-29(24)30/h9-21,31H,5-8H2,1-4H3,(H,34,35,36)(H,37,38,39). The molecule has 0 bridgehead atoms. The van der Waals surface area contributed by atoms with Crippen molar-refractivity contribution in [1.29, 1.82) is 0 Å². The van der Waals surface area contributed by atoms with Gasteiger partial charge >= 0.3 is 0 Å². The van der Waals surface area contributed by atoms with E-state index in [0.29, 0.717) is 10.9 Å². The average molecular weight is 597 g/mol. The van der Waals surface area contributed by atoms with Gasteiger partial charge in [-0.05, 0) is 104 Å². The van der Waals surface area contributed by atoms with E-state index in [1.807, 2.05) is 48.5 Å². The molecule has 8 nitrogen and oxygen atoms in total. The Morgan fingerprint density at radius 1 is 0.585 bits per heavy atom. The second-order valence-corrected chi connectivity index (χ2v) is 12.6. The first-order chi connectivity index (χ1) is 19.4. The highest BCUT2D eigenvalue weighted by molar-refractivity contribution is 7.86. The normalized spacial score (nSPS) is 12.2. The molecular weight excluding hydrogens is 560 g/mol.